The minimum absolute atomic E-state index is 0.111. The van der Waals surface area contributed by atoms with Crippen molar-refractivity contribution in [2.45, 2.75) is 30.6 Å². The molecule has 2 rings (SSSR count). The zero-order valence-corrected chi connectivity index (χ0v) is 11.4. The molecule has 2 atom stereocenters. The lowest BCUT2D eigenvalue weighted by Gasteiger charge is -2.18. The van der Waals surface area contributed by atoms with Gasteiger partial charge in [-0.2, -0.15) is 11.8 Å². The van der Waals surface area contributed by atoms with Crippen molar-refractivity contribution >= 4 is 23.6 Å². The van der Waals surface area contributed by atoms with E-state index in [0.717, 1.165) is 19.3 Å². The van der Waals surface area contributed by atoms with Crippen molar-refractivity contribution in [3.63, 3.8) is 0 Å². The molecule has 6 heteroatoms. The summed E-state index contributed by atoms with van der Waals surface area (Å²) in [5, 5.41) is 12.2. The number of nitrogens with zero attached hydrogens (tertiary/aromatic N) is 1. The van der Waals surface area contributed by atoms with Crippen molar-refractivity contribution in [2.24, 2.45) is 0 Å². The summed E-state index contributed by atoms with van der Waals surface area (Å²) in [6.45, 7) is 0. The molecular formula is C13H16N2O3S. The van der Waals surface area contributed by atoms with Crippen molar-refractivity contribution in [1.29, 1.82) is 0 Å². The third kappa shape index (κ3) is 3.26. The first-order valence-corrected chi connectivity index (χ1v) is 7.44. The number of hydrogen-bond acceptors (Lipinski definition) is 4. The van der Waals surface area contributed by atoms with Gasteiger partial charge in [-0.1, -0.05) is 12.5 Å². The van der Waals surface area contributed by atoms with Crippen LogP contribution < -0.4 is 5.32 Å². The first kappa shape index (κ1) is 13.9. The maximum absolute atomic E-state index is 12.1. The highest BCUT2D eigenvalue weighted by molar-refractivity contribution is 7.99. The summed E-state index contributed by atoms with van der Waals surface area (Å²) in [5.74, 6) is -1.42. The molecule has 0 aliphatic heterocycles. The van der Waals surface area contributed by atoms with Gasteiger partial charge in [0.05, 0.1) is 0 Å². The third-order valence-electron chi connectivity index (χ3n) is 3.27. The molecule has 0 saturated heterocycles. The Kier molecular flexibility index (Phi) is 4.42. The molecular weight excluding hydrogens is 264 g/mol. The number of rotatable bonds is 4. The summed E-state index contributed by atoms with van der Waals surface area (Å²) in [6.07, 6.45) is 5.22. The average Bonchev–Trinajstić information content (AvgIpc) is 2.86. The molecule has 5 nitrogen and oxygen atoms in total. The number of hydrogen-bond donors (Lipinski definition) is 2. The molecule has 0 aromatic carbocycles. The second-order valence-corrected chi connectivity index (χ2v) is 5.58. The van der Waals surface area contributed by atoms with Crippen molar-refractivity contribution in [1.82, 2.24) is 10.3 Å². The number of aromatic carboxylic acids is 1. The summed E-state index contributed by atoms with van der Waals surface area (Å²) in [7, 11) is 0. The van der Waals surface area contributed by atoms with Crippen LogP contribution in [0, 0.1) is 0 Å². The lowest BCUT2D eigenvalue weighted by atomic mass is 10.2. The number of carbonyl (C=O) groups is 2. The first-order chi connectivity index (χ1) is 9.11. The van der Waals surface area contributed by atoms with Gasteiger partial charge in [0.1, 0.15) is 11.4 Å². The van der Waals surface area contributed by atoms with Gasteiger partial charge in [-0.15, -0.1) is 0 Å². The SMILES string of the molecule is CSC1CCCC1NC(=O)c1cccc(C(=O)O)n1. The lowest BCUT2D eigenvalue weighted by molar-refractivity contribution is 0.0690. The largest absolute Gasteiger partial charge is 0.477 e. The first-order valence-electron chi connectivity index (χ1n) is 6.16. The monoisotopic (exact) mass is 280 g/mol. The van der Waals surface area contributed by atoms with Crippen LogP contribution in [0.3, 0.4) is 0 Å². The Morgan fingerprint density at radius 3 is 2.79 bits per heavy atom. The molecule has 0 spiro atoms. The Labute approximate surface area is 115 Å². The van der Waals surface area contributed by atoms with Gasteiger partial charge in [-0.25, -0.2) is 9.78 Å². The number of amides is 1. The minimum Gasteiger partial charge on any atom is -0.477 e. The Morgan fingerprint density at radius 2 is 2.11 bits per heavy atom. The van der Waals surface area contributed by atoms with Crippen LogP contribution in [0.2, 0.25) is 0 Å². The highest BCUT2D eigenvalue weighted by Crippen LogP contribution is 2.28. The fourth-order valence-corrected chi connectivity index (χ4v) is 3.23. The number of nitrogens with one attached hydrogen (secondary N) is 1. The smallest absolute Gasteiger partial charge is 0.354 e. The van der Waals surface area contributed by atoms with E-state index in [2.05, 4.69) is 10.3 Å². The Morgan fingerprint density at radius 1 is 1.37 bits per heavy atom. The van der Waals surface area contributed by atoms with Crippen LogP contribution in [-0.4, -0.2) is 39.5 Å². The normalized spacial score (nSPS) is 22.2. The molecule has 1 amide bonds. The van der Waals surface area contributed by atoms with Crippen LogP contribution in [0.5, 0.6) is 0 Å². The quantitative estimate of drug-likeness (QED) is 0.879. The maximum Gasteiger partial charge on any atom is 0.354 e. The number of carboxylic acid groups (broad SMARTS) is 1. The highest BCUT2D eigenvalue weighted by atomic mass is 32.2. The molecule has 2 unspecified atom stereocenters. The van der Waals surface area contributed by atoms with Crippen molar-refractivity contribution in [3.05, 3.63) is 29.6 Å². The standard InChI is InChI=1S/C13H16N2O3S/c1-19-11-7-3-4-8(11)15-12(16)9-5-2-6-10(14-9)13(17)18/h2,5-6,8,11H,3-4,7H2,1H3,(H,15,16)(H,17,18). The zero-order chi connectivity index (χ0) is 13.8. The highest BCUT2D eigenvalue weighted by Gasteiger charge is 2.28. The predicted octanol–water partition coefficient (Wildman–Crippen LogP) is 1.79. The summed E-state index contributed by atoms with van der Waals surface area (Å²) in [5.41, 5.74) is 0.0483. The molecule has 1 aromatic heterocycles. The topological polar surface area (TPSA) is 79.3 Å². The van der Waals surface area contributed by atoms with E-state index in [9.17, 15) is 9.59 Å². The van der Waals surface area contributed by atoms with E-state index in [1.807, 2.05) is 6.26 Å². The molecule has 1 aliphatic carbocycles. The van der Waals surface area contributed by atoms with Crippen molar-refractivity contribution in [3.8, 4) is 0 Å². The van der Waals surface area contributed by atoms with Gasteiger partial charge in [0.2, 0.25) is 0 Å². The van der Waals surface area contributed by atoms with Crippen LogP contribution >= 0.6 is 11.8 Å². The van der Waals surface area contributed by atoms with Crippen LogP contribution in [0.25, 0.3) is 0 Å². The molecule has 102 valence electrons. The van der Waals surface area contributed by atoms with E-state index < -0.39 is 5.97 Å². The van der Waals surface area contributed by atoms with Gasteiger partial charge in [-0.05, 0) is 31.2 Å². The number of aromatic nitrogens is 1. The number of carbonyl (C=O) groups excluding carboxylic acids is 1. The minimum atomic E-state index is -1.13. The Balaban J connectivity index is 2.07. The van der Waals surface area contributed by atoms with E-state index in [1.165, 1.54) is 18.2 Å². The van der Waals surface area contributed by atoms with Crippen LogP contribution in [0.4, 0.5) is 0 Å². The summed E-state index contributed by atoms with van der Waals surface area (Å²) < 4.78 is 0. The van der Waals surface area contributed by atoms with Gasteiger partial charge in [0, 0.05) is 11.3 Å². The summed E-state index contributed by atoms with van der Waals surface area (Å²) in [4.78, 5) is 26.7. The van der Waals surface area contributed by atoms with Crippen molar-refractivity contribution < 1.29 is 14.7 Å². The van der Waals surface area contributed by atoms with E-state index in [4.69, 9.17) is 5.11 Å². The molecule has 0 bridgehead atoms. The number of carboxylic acids is 1. The van der Waals surface area contributed by atoms with Crippen LogP contribution in [0.15, 0.2) is 18.2 Å². The number of thioether (sulfide) groups is 1. The van der Waals surface area contributed by atoms with E-state index in [0.29, 0.717) is 5.25 Å². The van der Waals surface area contributed by atoms with Crippen LogP contribution in [-0.2, 0) is 0 Å². The van der Waals surface area contributed by atoms with E-state index in [1.54, 1.807) is 11.8 Å². The molecule has 2 N–H and O–H groups in total. The second-order valence-electron chi connectivity index (χ2n) is 4.50. The third-order valence-corrected chi connectivity index (χ3v) is 4.44. The van der Waals surface area contributed by atoms with Gasteiger partial charge < -0.3 is 10.4 Å². The van der Waals surface area contributed by atoms with Gasteiger partial charge in [0.15, 0.2) is 0 Å². The molecule has 1 aliphatic rings. The van der Waals surface area contributed by atoms with E-state index >= 15 is 0 Å². The average molecular weight is 280 g/mol. The zero-order valence-electron chi connectivity index (χ0n) is 10.6. The summed E-state index contributed by atoms with van der Waals surface area (Å²) in [6, 6.07) is 4.59. The molecule has 1 fully saturated rings. The second kappa shape index (κ2) is 6.06. The fraction of sp³-hybridized carbons (Fsp3) is 0.462. The maximum atomic E-state index is 12.1. The van der Waals surface area contributed by atoms with Crippen LogP contribution in [0.1, 0.15) is 40.2 Å². The fourth-order valence-electron chi connectivity index (χ4n) is 2.30. The Hall–Kier alpha value is -1.56. The van der Waals surface area contributed by atoms with Crippen molar-refractivity contribution in [2.75, 3.05) is 6.26 Å². The van der Waals surface area contributed by atoms with Gasteiger partial charge >= 0.3 is 5.97 Å². The van der Waals surface area contributed by atoms with E-state index in [-0.39, 0.29) is 23.3 Å². The molecule has 19 heavy (non-hydrogen) atoms. The molecule has 1 heterocycles. The lowest BCUT2D eigenvalue weighted by Crippen LogP contribution is -2.39. The number of pyridine rings is 1. The predicted molar refractivity (Wildman–Crippen MR) is 73.6 cm³/mol. The molecule has 0 radical (unpaired) electrons. The molecule has 1 saturated carbocycles. The Bertz CT molecular complexity index is 493. The summed E-state index contributed by atoms with van der Waals surface area (Å²) >= 11 is 1.76. The molecule has 1 aromatic rings. The van der Waals surface area contributed by atoms with Gasteiger partial charge in [-0.3, -0.25) is 4.79 Å². The van der Waals surface area contributed by atoms with Gasteiger partial charge in [0.25, 0.3) is 5.91 Å².